The molecule has 0 spiro atoms. The third-order valence-corrected chi connectivity index (χ3v) is 7.79. The fourth-order valence-corrected chi connectivity index (χ4v) is 5.47. The van der Waals surface area contributed by atoms with Gasteiger partial charge in [-0.05, 0) is 58.1 Å². The maximum absolute atomic E-state index is 14.4. The van der Waals surface area contributed by atoms with Crippen LogP contribution in [0.15, 0.2) is 12.1 Å². The molecule has 40 heavy (non-hydrogen) atoms. The van der Waals surface area contributed by atoms with E-state index in [0.29, 0.717) is 32.2 Å². The Morgan fingerprint density at radius 2 is 1.82 bits per heavy atom. The van der Waals surface area contributed by atoms with Gasteiger partial charge in [0.05, 0.1) is 22.9 Å². The molecule has 3 aliphatic rings. The number of fused-ring (bicyclic) bond motifs is 1. The minimum Gasteiger partial charge on any atom is -0.476 e. The topological polar surface area (TPSA) is 119 Å². The average Bonchev–Trinajstić information content (AvgIpc) is 2.86. The highest BCUT2D eigenvalue weighted by molar-refractivity contribution is 6.05. The van der Waals surface area contributed by atoms with Crippen LogP contribution in [0.4, 0.5) is 23.7 Å². The summed E-state index contributed by atoms with van der Waals surface area (Å²) in [7, 11) is 0. The molecule has 1 aromatic carbocycles. The van der Waals surface area contributed by atoms with E-state index in [1.54, 1.807) is 6.92 Å². The van der Waals surface area contributed by atoms with Crippen LogP contribution < -0.4 is 15.0 Å². The monoisotopic (exact) mass is 568 g/mol. The van der Waals surface area contributed by atoms with E-state index in [-0.39, 0.29) is 49.4 Å². The second kappa shape index (κ2) is 11.2. The number of anilines is 1. The van der Waals surface area contributed by atoms with E-state index in [4.69, 9.17) is 4.74 Å². The molecule has 1 aromatic rings. The number of carbonyl (C=O) groups excluding carboxylic acids is 3. The number of ether oxygens (including phenoxy) is 1. The molecule has 0 unspecified atom stereocenters. The summed E-state index contributed by atoms with van der Waals surface area (Å²) < 4.78 is 48.9. The zero-order valence-electron chi connectivity index (χ0n) is 22.8. The number of hydrogen-bond donors (Lipinski definition) is 2. The van der Waals surface area contributed by atoms with Crippen LogP contribution in [0.1, 0.15) is 75.2 Å². The third kappa shape index (κ3) is 5.83. The Bertz CT molecular complexity index is 1180. The number of hydrogen-bond acceptors (Lipinski definition) is 5. The summed E-state index contributed by atoms with van der Waals surface area (Å²) in [6.45, 7) is 4.88. The van der Waals surface area contributed by atoms with Crippen molar-refractivity contribution in [3.05, 3.63) is 23.3 Å². The van der Waals surface area contributed by atoms with Gasteiger partial charge in [-0.2, -0.15) is 13.2 Å². The van der Waals surface area contributed by atoms with Crippen LogP contribution in [0.25, 0.3) is 0 Å². The number of nitrogens with zero attached hydrogens (tertiary/aromatic N) is 3. The van der Waals surface area contributed by atoms with E-state index in [9.17, 15) is 37.5 Å². The van der Waals surface area contributed by atoms with Crippen molar-refractivity contribution >= 4 is 29.5 Å². The van der Waals surface area contributed by atoms with E-state index in [0.717, 1.165) is 18.6 Å². The zero-order valence-corrected chi connectivity index (χ0v) is 22.8. The van der Waals surface area contributed by atoms with Crippen molar-refractivity contribution in [1.29, 1.82) is 0 Å². The van der Waals surface area contributed by atoms with Gasteiger partial charge in [0.15, 0.2) is 5.60 Å². The molecule has 0 radical (unpaired) electrons. The van der Waals surface area contributed by atoms with Crippen molar-refractivity contribution < 1.29 is 42.2 Å². The smallest absolute Gasteiger partial charge is 0.417 e. The Morgan fingerprint density at radius 3 is 2.40 bits per heavy atom. The lowest BCUT2D eigenvalue weighted by Crippen LogP contribution is -2.57. The molecule has 4 rings (SSSR count). The number of halogens is 3. The molecule has 2 heterocycles. The molecule has 220 valence electrons. The summed E-state index contributed by atoms with van der Waals surface area (Å²) in [4.78, 5) is 54.5. The summed E-state index contributed by atoms with van der Waals surface area (Å²) in [6, 6.07) is 0.939. The Morgan fingerprint density at radius 1 is 1.15 bits per heavy atom. The number of nitrogens with one attached hydrogen (secondary N) is 1. The van der Waals surface area contributed by atoms with Crippen LogP contribution in [0.3, 0.4) is 0 Å². The van der Waals surface area contributed by atoms with Crippen LogP contribution >= 0.6 is 0 Å². The van der Waals surface area contributed by atoms with Gasteiger partial charge >= 0.3 is 12.3 Å². The first kappa shape index (κ1) is 29.5. The SMILES string of the molecule is CCC(=O)NCCN1C(=O)C(C)(C)Oc2cc(C(F)(F)F)c(C(=O)N(C3CCC3)[C@@H]3CCCN(C(=O)O)C3)cc21. The second-order valence-corrected chi connectivity index (χ2v) is 11.0. The van der Waals surface area contributed by atoms with E-state index >= 15 is 0 Å². The van der Waals surface area contributed by atoms with Gasteiger partial charge in [0.1, 0.15) is 5.75 Å². The molecule has 2 aliphatic heterocycles. The molecule has 4 amide bonds. The molecule has 1 atom stereocenters. The number of piperidine rings is 1. The van der Waals surface area contributed by atoms with Gasteiger partial charge in [0, 0.05) is 38.6 Å². The minimum absolute atomic E-state index is 0.00999. The number of carboxylic acid groups (broad SMARTS) is 1. The van der Waals surface area contributed by atoms with E-state index in [2.05, 4.69) is 5.32 Å². The molecule has 0 aromatic heterocycles. The summed E-state index contributed by atoms with van der Waals surface area (Å²) in [5.41, 5.74) is -3.27. The van der Waals surface area contributed by atoms with Crippen LogP contribution in [0, 0.1) is 0 Å². The second-order valence-electron chi connectivity index (χ2n) is 11.0. The molecular formula is C27H35F3N4O6. The third-order valence-electron chi connectivity index (χ3n) is 7.79. The number of carbonyl (C=O) groups is 4. The number of amides is 4. The summed E-state index contributed by atoms with van der Waals surface area (Å²) in [5.74, 6) is -1.82. The Balaban J connectivity index is 1.77. The minimum atomic E-state index is -4.90. The highest BCUT2D eigenvalue weighted by atomic mass is 19.4. The standard InChI is InChI=1S/C27H35F3N4O6/c1-4-22(35)31-10-12-33-20-13-18(19(27(28,29)30)14-21(20)40-26(2,3)24(33)37)23(36)34(16-7-5-8-16)17-9-6-11-32(15-17)25(38)39/h13-14,16-17H,4-12,15H2,1-3H3,(H,31,35)(H,38,39)/t17-/m1/s1. The van der Waals surface area contributed by atoms with Crippen LogP contribution in [0.2, 0.25) is 0 Å². The molecule has 1 aliphatic carbocycles. The Hall–Kier alpha value is -3.51. The van der Waals surface area contributed by atoms with Crippen molar-refractivity contribution in [3.63, 3.8) is 0 Å². The summed E-state index contributed by atoms with van der Waals surface area (Å²) in [6.07, 6.45) is -2.82. The van der Waals surface area contributed by atoms with Crippen LogP contribution in [-0.4, -0.2) is 82.6 Å². The normalized spacial score (nSPS) is 20.8. The van der Waals surface area contributed by atoms with E-state index in [1.165, 1.54) is 28.5 Å². The highest BCUT2D eigenvalue weighted by Gasteiger charge is 2.46. The lowest BCUT2D eigenvalue weighted by Gasteiger charge is -2.46. The quantitative estimate of drug-likeness (QED) is 0.516. The predicted octanol–water partition coefficient (Wildman–Crippen LogP) is 3.87. The molecule has 2 N–H and O–H groups in total. The van der Waals surface area contributed by atoms with Crippen molar-refractivity contribution in [3.8, 4) is 5.75 Å². The van der Waals surface area contributed by atoms with Crippen LogP contribution in [0.5, 0.6) is 5.75 Å². The van der Waals surface area contributed by atoms with Gasteiger partial charge in [-0.25, -0.2) is 4.79 Å². The highest BCUT2D eigenvalue weighted by Crippen LogP contribution is 2.45. The Kier molecular flexibility index (Phi) is 8.23. The fraction of sp³-hybridized carbons (Fsp3) is 0.630. The van der Waals surface area contributed by atoms with Crippen molar-refractivity contribution in [2.24, 2.45) is 0 Å². The maximum Gasteiger partial charge on any atom is 0.417 e. The number of likely N-dealkylation sites (tertiary alicyclic amines) is 1. The van der Waals surface area contributed by atoms with Crippen molar-refractivity contribution in [1.82, 2.24) is 15.1 Å². The molecule has 1 saturated carbocycles. The van der Waals surface area contributed by atoms with Crippen molar-refractivity contribution in [2.45, 2.75) is 83.2 Å². The van der Waals surface area contributed by atoms with Gasteiger partial charge in [0.25, 0.3) is 11.8 Å². The van der Waals surface area contributed by atoms with E-state index in [1.807, 2.05) is 0 Å². The molecule has 13 heteroatoms. The van der Waals surface area contributed by atoms with Gasteiger partial charge < -0.3 is 29.9 Å². The molecular weight excluding hydrogens is 533 g/mol. The van der Waals surface area contributed by atoms with Crippen molar-refractivity contribution in [2.75, 3.05) is 31.1 Å². The largest absolute Gasteiger partial charge is 0.476 e. The van der Waals surface area contributed by atoms with Crippen LogP contribution in [-0.2, 0) is 15.8 Å². The fourth-order valence-electron chi connectivity index (χ4n) is 5.47. The van der Waals surface area contributed by atoms with Gasteiger partial charge in [-0.3, -0.25) is 14.4 Å². The maximum atomic E-state index is 14.4. The average molecular weight is 569 g/mol. The number of rotatable bonds is 7. The molecule has 2 fully saturated rings. The van der Waals surface area contributed by atoms with Gasteiger partial charge in [-0.1, -0.05) is 6.92 Å². The molecule has 1 saturated heterocycles. The van der Waals surface area contributed by atoms with Gasteiger partial charge in [0.2, 0.25) is 5.91 Å². The van der Waals surface area contributed by atoms with Gasteiger partial charge in [-0.15, -0.1) is 0 Å². The lowest BCUT2D eigenvalue weighted by molar-refractivity contribution is -0.138. The number of benzene rings is 1. The molecule has 0 bridgehead atoms. The predicted molar refractivity (Wildman–Crippen MR) is 138 cm³/mol. The lowest BCUT2D eigenvalue weighted by atomic mass is 9.87. The first-order valence-electron chi connectivity index (χ1n) is 13.6. The summed E-state index contributed by atoms with van der Waals surface area (Å²) >= 11 is 0. The zero-order chi connectivity index (χ0) is 29.4. The first-order chi connectivity index (χ1) is 18.7. The Labute approximate surface area is 230 Å². The number of alkyl halides is 3. The molecule has 10 nitrogen and oxygen atoms in total. The first-order valence-corrected chi connectivity index (χ1v) is 13.6. The van der Waals surface area contributed by atoms with E-state index < -0.39 is 46.9 Å². The summed E-state index contributed by atoms with van der Waals surface area (Å²) in [5, 5.41) is 12.2.